The number of amides is 1. The summed E-state index contributed by atoms with van der Waals surface area (Å²) in [5.74, 6) is 0.178. The van der Waals surface area contributed by atoms with Gasteiger partial charge in [-0.1, -0.05) is 12.1 Å². The summed E-state index contributed by atoms with van der Waals surface area (Å²) in [6.07, 6.45) is 0. The molecule has 7 heteroatoms. The Morgan fingerprint density at radius 2 is 1.60 bits per heavy atom. The van der Waals surface area contributed by atoms with Crippen molar-refractivity contribution in [3.8, 4) is 11.5 Å². The van der Waals surface area contributed by atoms with Crippen LogP contribution in [0.2, 0.25) is 0 Å². The molecule has 2 aromatic rings. The normalized spacial score (nSPS) is 10.0. The average Bonchev–Trinajstić information content (AvgIpc) is 2.61. The molecule has 0 radical (unpaired) electrons. The molecule has 2 aromatic carbocycles. The van der Waals surface area contributed by atoms with Crippen molar-refractivity contribution in [3.05, 3.63) is 53.0 Å². The van der Waals surface area contributed by atoms with E-state index in [0.717, 1.165) is 10.2 Å². The summed E-state index contributed by atoms with van der Waals surface area (Å²) in [4.78, 5) is 23.4. The number of hydrogen-bond acceptors (Lipinski definition) is 5. The molecule has 0 heterocycles. The molecule has 0 aromatic heterocycles. The van der Waals surface area contributed by atoms with E-state index in [1.165, 1.54) is 0 Å². The molecule has 25 heavy (non-hydrogen) atoms. The second-order valence-corrected chi connectivity index (χ2v) is 5.74. The van der Waals surface area contributed by atoms with Crippen LogP contribution in [0.4, 0.5) is 5.69 Å². The Kier molecular flexibility index (Phi) is 7.28. The molecule has 0 aliphatic carbocycles. The summed E-state index contributed by atoms with van der Waals surface area (Å²) in [5, 5.41) is 2.64. The Hall–Kier alpha value is -2.54. The zero-order valence-corrected chi connectivity index (χ0v) is 15.2. The maximum atomic E-state index is 11.8. The van der Waals surface area contributed by atoms with Crippen LogP contribution in [0.15, 0.2) is 53.0 Å². The van der Waals surface area contributed by atoms with Crippen molar-refractivity contribution in [2.45, 2.75) is 6.92 Å². The van der Waals surface area contributed by atoms with Gasteiger partial charge in [-0.25, -0.2) is 4.79 Å². The van der Waals surface area contributed by atoms with Gasteiger partial charge in [0.15, 0.2) is 13.2 Å². The highest BCUT2D eigenvalue weighted by molar-refractivity contribution is 9.10. The van der Waals surface area contributed by atoms with E-state index >= 15 is 0 Å². The van der Waals surface area contributed by atoms with E-state index in [-0.39, 0.29) is 13.2 Å². The molecular weight excluding hydrogens is 390 g/mol. The smallest absolute Gasteiger partial charge is 0.344 e. The topological polar surface area (TPSA) is 73.9 Å². The maximum absolute atomic E-state index is 11.8. The lowest BCUT2D eigenvalue weighted by Crippen LogP contribution is -2.23. The van der Waals surface area contributed by atoms with Crippen LogP contribution in [0, 0.1) is 0 Å². The number of para-hydroxylation sites is 1. The van der Waals surface area contributed by atoms with Crippen LogP contribution < -0.4 is 14.8 Å². The largest absolute Gasteiger partial charge is 0.494 e. The molecular formula is C18H18BrNO5. The Labute approximate surface area is 154 Å². The molecule has 1 N–H and O–H groups in total. The SMILES string of the molecule is CCOc1ccc(OCC(=O)OCC(=O)Nc2ccccc2Br)cc1. The summed E-state index contributed by atoms with van der Waals surface area (Å²) in [5.41, 5.74) is 0.606. The second kappa shape index (κ2) is 9.68. The molecule has 0 saturated heterocycles. The Morgan fingerprint density at radius 1 is 0.960 bits per heavy atom. The molecule has 0 saturated carbocycles. The number of anilines is 1. The van der Waals surface area contributed by atoms with Crippen molar-refractivity contribution < 1.29 is 23.8 Å². The average molecular weight is 408 g/mol. The summed E-state index contributed by atoms with van der Waals surface area (Å²) >= 11 is 3.32. The standard InChI is InChI=1S/C18H18BrNO5/c1-2-23-13-7-9-14(10-8-13)24-12-18(22)25-11-17(21)20-16-6-4-3-5-15(16)19/h3-10H,2,11-12H2,1H3,(H,20,21). The molecule has 6 nitrogen and oxygen atoms in total. The first-order chi connectivity index (χ1) is 12.1. The monoisotopic (exact) mass is 407 g/mol. The number of hydrogen-bond donors (Lipinski definition) is 1. The Balaban J connectivity index is 1.71. The first kappa shape index (κ1) is 18.8. The minimum Gasteiger partial charge on any atom is -0.494 e. The first-order valence-electron chi connectivity index (χ1n) is 7.64. The summed E-state index contributed by atoms with van der Waals surface area (Å²) in [6, 6.07) is 14.0. The van der Waals surface area contributed by atoms with E-state index in [4.69, 9.17) is 14.2 Å². The molecule has 0 atom stereocenters. The van der Waals surface area contributed by atoms with Gasteiger partial charge in [-0.05, 0) is 59.3 Å². The number of benzene rings is 2. The third kappa shape index (κ3) is 6.46. The van der Waals surface area contributed by atoms with Gasteiger partial charge in [-0.2, -0.15) is 0 Å². The van der Waals surface area contributed by atoms with Gasteiger partial charge >= 0.3 is 5.97 Å². The van der Waals surface area contributed by atoms with Gasteiger partial charge in [0, 0.05) is 4.47 Å². The predicted molar refractivity (Wildman–Crippen MR) is 96.8 cm³/mol. The van der Waals surface area contributed by atoms with Crippen LogP contribution in [0.1, 0.15) is 6.92 Å². The van der Waals surface area contributed by atoms with Gasteiger partial charge in [0.05, 0.1) is 12.3 Å². The minimum absolute atomic E-state index is 0.281. The third-order valence-corrected chi connectivity index (χ3v) is 3.70. The van der Waals surface area contributed by atoms with Crippen LogP contribution >= 0.6 is 15.9 Å². The summed E-state index contributed by atoms with van der Waals surface area (Å²) in [6.45, 7) is 1.81. The highest BCUT2D eigenvalue weighted by Crippen LogP contribution is 2.21. The minimum atomic E-state index is -0.629. The fraction of sp³-hybridized carbons (Fsp3) is 0.222. The number of nitrogens with one attached hydrogen (secondary N) is 1. The van der Waals surface area contributed by atoms with E-state index < -0.39 is 11.9 Å². The number of halogens is 1. The highest BCUT2D eigenvalue weighted by Gasteiger charge is 2.10. The zero-order valence-electron chi connectivity index (χ0n) is 13.7. The fourth-order valence-electron chi connectivity index (χ4n) is 1.88. The number of carbonyl (C=O) groups is 2. The number of rotatable bonds is 8. The molecule has 0 spiro atoms. The van der Waals surface area contributed by atoms with Crippen molar-refractivity contribution in [1.29, 1.82) is 0 Å². The zero-order chi connectivity index (χ0) is 18.1. The Bertz CT molecular complexity index is 718. The summed E-state index contributed by atoms with van der Waals surface area (Å²) < 4.78 is 16.2. The predicted octanol–water partition coefficient (Wildman–Crippen LogP) is 3.41. The van der Waals surface area contributed by atoms with E-state index in [0.29, 0.717) is 18.0 Å². The van der Waals surface area contributed by atoms with Crippen molar-refractivity contribution >= 4 is 33.5 Å². The number of ether oxygens (including phenoxy) is 3. The van der Waals surface area contributed by atoms with Crippen LogP contribution in [-0.2, 0) is 14.3 Å². The third-order valence-electron chi connectivity index (χ3n) is 3.00. The number of esters is 1. The fourth-order valence-corrected chi connectivity index (χ4v) is 2.26. The van der Waals surface area contributed by atoms with E-state index in [1.54, 1.807) is 42.5 Å². The van der Waals surface area contributed by atoms with Gasteiger partial charge in [-0.3, -0.25) is 4.79 Å². The van der Waals surface area contributed by atoms with E-state index in [2.05, 4.69) is 21.2 Å². The summed E-state index contributed by atoms with van der Waals surface area (Å²) in [7, 11) is 0. The van der Waals surface area contributed by atoms with Crippen molar-refractivity contribution in [2.75, 3.05) is 25.1 Å². The number of carbonyl (C=O) groups excluding carboxylic acids is 2. The van der Waals surface area contributed by atoms with Crippen LogP contribution in [0.5, 0.6) is 11.5 Å². The first-order valence-corrected chi connectivity index (χ1v) is 8.43. The van der Waals surface area contributed by atoms with Crippen molar-refractivity contribution in [2.24, 2.45) is 0 Å². The van der Waals surface area contributed by atoms with Crippen LogP contribution in [0.25, 0.3) is 0 Å². The Morgan fingerprint density at radius 3 is 2.24 bits per heavy atom. The van der Waals surface area contributed by atoms with Gasteiger partial charge in [-0.15, -0.1) is 0 Å². The molecule has 2 rings (SSSR count). The van der Waals surface area contributed by atoms with E-state index in [9.17, 15) is 9.59 Å². The van der Waals surface area contributed by atoms with Gasteiger partial charge < -0.3 is 19.5 Å². The van der Waals surface area contributed by atoms with Crippen LogP contribution in [-0.4, -0.2) is 31.7 Å². The molecule has 0 aliphatic heterocycles. The molecule has 0 aliphatic rings. The van der Waals surface area contributed by atoms with Gasteiger partial charge in [0.2, 0.25) is 0 Å². The molecule has 132 valence electrons. The molecule has 1 amide bonds. The molecule has 0 fully saturated rings. The lowest BCUT2D eigenvalue weighted by molar-refractivity contribution is -0.149. The van der Waals surface area contributed by atoms with E-state index in [1.807, 2.05) is 13.0 Å². The maximum Gasteiger partial charge on any atom is 0.344 e. The lowest BCUT2D eigenvalue weighted by Gasteiger charge is -2.09. The molecule has 0 unspecified atom stereocenters. The van der Waals surface area contributed by atoms with Gasteiger partial charge in [0.25, 0.3) is 5.91 Å². The molecule has 0 bridgehead atoms. The van der Waals surface area contributed by atoms with Crippen molar-refractivity contribution in [1.82, 2.24) is 0 Å². The lowest BCUT2D eigenvalue weighted by atomic mass is 10.3. The van der Waals surface area contributed by atoms with Crippen LogP contribution in [0.3, 0.4) is 0 Å². The van der Waals surface area contributed by atoms with Crippen molar-refractivity contribution in [3.63, 3.8) is 0 Å². The quantitative estimate of drug-likeness (QED) is 0.678. The van der Waals surface area contributed by atoms with Gasteiger partial charge in [0.1, 0.15) is 11.5 Å². The highest BCUT2D eigenvalue weighted by atomic mass is 79.9. The second-order valence-electron chi connectivity index (χ2n) is 4.88.